The summed E-state index contributed by atoms with van der Waals surface area (Å²) in [5.41, 5.74) is 15.8. The molecule has 0 atom stereocenters. The fourth-order valence-corrected chi connectivity index (χ4v) is 7.26. The fraction of sp³-hybridized carbons (Fsp3) is 0.0800. The van der Waals surface area contributed by atoms with Crippen LogP contribution >= 0.6 is 0 Å². The van der Waals surface area contributed by atoms with Crippen molar-refractivity contribution >= 4 is 21.8 Å². The third-order valence-electron chi connectivity index (χ3n) is 10.2. The zero-order valence-electron chi connectivity index (χ0n) is 30.5. The van der Waals surface area contributed by atoms with Gasteiger partial charge in [0, 0.05) is 38.7 Å². The second-order valence-electron chi connectivity index (χ2n) is 14.2. The first kappa shape index (κ1) is 33.1. The van der Waals surface area contributed by atoms with Crippen LogP contribution in [0.25, 0.3) is 89.2 Å². The molecule has 0 saturated carbocycles. The van der Waals surface area contributed by atoms with Crippen LogP contribution in [-0.2, 0) is 0 Å². The van der Waals surface area contributed by atoms with E-state index in [9.17, 15) is 0 Å². The van der Waals surface area contributed by atoms with E-state index in [2.05, 4.69) is 166 Å². The van der Waals surface area contributed by atoms with Gasteiger partial charge in [-0.3, -0.25) is 4.98 Å². The van der Waals surface area contributed by atoms with Gasteiger partial charge in [-0.05, 0) is 58.9 Å². The summed E-state index contributed by atoms with van der Waals surface area (Å²) in [4.78, 5) is 20.2. The Morgan fingerprint density at radius 3 is 1.37 bits per heavy atom. The molecule has 0 radical (unpaired) electrons. The number of pyridine rings is 2. The van der Waals surface area contributed by atoms with Crippen LogP contribution in [-0.4, -0.2) is 19.9 Å². The number of hydrogen-bond donors (Lipinski definition) is 0. The van der Waals surface area contributed by atoms with Gasteiger partial charge in [0.25, 0.3) is 0 Å². The van der Waals surface area contributed by atoms with Gasteiger partial charge in [-0.2, -0.15) is 0 Å². The molecule has 4 heteroatoms. The minimum absolute atomic E-state index is 0.408. The number of benzene rings is 6. The molecule has 9 rings (SSSR count). The SMILES string of the molecule is Cc1cc(C(C)C)c2ccc3ccc(-c4ccc(-c5ccc(-c6cc(-c7ccc(-c8ccccc8)cc7)nc(-c7ccccc7)n6)cc5)cc4)nc3c2n1. The van der Waals surface area contributed by atoms with Gasteiger partial charge in [0.1, 0.15) is 0 Å². The zero-order chi connectivity index (χ0) is 36.6. The number of aromatic nitrogens is 4. The largest absolute Gasteiger partial charge is 0.251 e. The molecule has 3 heterocycles. The van der Waals surface area contributed by atoms with Crippen molar-refractivity contribution in [3.63, 3.8) is 0 Å². The van der Waals surface area contributed by atoms with Gasteiger partial charge in [0.05, 0.1) is 28.1 Å². The molecule has 0 N–H and O–H groups in total. The van der Waals surface area contributed by atoms with Crippen molar-refractivity contribution in [3.8, 4) is 67.4 Å². The third-order valence-corrected chi connectivity index (χ3v) is 10.2. The van der Waals surface area contributed by atoms with Crippen LogP contribution in [0.2, 0.25) is 0 Å². The predicted octanol–water partition coefficient (Wildman–Crippen LogP) is 13.0. The molecule has 4 nitrogen and oxygen atoms in total. The van der Waals surface area contributed by atoms with Crippen molar-refractivity contribution in [1.29, 1.82) is 0 Å². The van der Waals surface area contributed by atoms with Crippen molar-refractivity contribution in [1.82, 2.24) is 19.9 Å². The van der Waals surface area contributed by atoms with Gasteiger partial charge < -0.3 is 0 Å². The Balaban J connectivity index is 1.02. The highest BCUT2D eigenvalue weighted by Crippen LogP contribution is 2.34. The Hall–Kier alpha value is -6.78. The molecule has 9 aromatic rings. The maximum atomic E-state index is 5.16. The highest BCUT2D eigenvalue weighted by molar-refractivity contribution is 6.04. The lowest BCUT2D eigenvalue weighted by Crippen LogP contribution is -1.96. The molecule has 3 aromatic heterocycles. The zero-order valence-corrected chi connectivity index (χ0v) is 30.5. The molecular formula is C50H38N4. The third kappa shape index (κ3) is 6.44. The van der Waals surface area contributed by atoms with E-state index in [4.69, 9.17) is 19.9 Å². The van der Waals surface area contributed by atoms with Gasteiger partial charge in [0.2, 0.25) is 0 Å². The summed E-state index contributed by atoms with van der Waals surface area (Å²) in [6.45, 7) is 6.54. The summed E-state index contributed by atoms with van der Waals surface area (Å²) in [6.07, 6.45) is 0. The maximum Gasteiger partial charge on any atom is 0.160 e. The molecule has 0 amide bonds. The molecule has 0 bridgehead atoms. The summed E-state index contributed by atoms with van der Waals surface area (Å²) in [7, 11) is 0. The van der Waals surface area contributed by atoms with E-state index < -0.39 is 0 Å². The van der Waals surface area contributed by atoms with Crippen LogP contribution in [0.3, 0.4) is 0 Å². The quantitative estimate of drug-likeness (QED) is 0.156. The molecular weight excluding hydrogens is 657 g/mol. The van der Waals surface area contributed by atoms with E-state index in [0.29, 0.717) is 11.7 Å². The molecule has 0 aliphatic heterocycles. The molecule has 258 valence electrons. The molecule has 6 aromatic carbocycles. The summed E-state index contributed by atoms with van der Waals surface area (Å²) in [5.74, 6) is 1.11. The number of rotatable bonds is 7. The minimum atomic E-state index is 0.408. The number of hydrogen-bond acceptors (Lipinski definition) is 4. The number of aryl methyl sites for hydroxylation is 1. The van der Waals surface area contributed by atoms with Crippen molar-refractivity contribution in [2.75, 3.05) is 0 Å². The summed E-state index contributed by atoms with van der Waals surface area (Å²) in [5, 5.41) is 2.28. The van der Waals surface area contributed by atoms with Crippen LogP contribution in [0.4, 0.5) is 0 Å². The number of fused-ring (bicyclic) bond motifs is 3. The Morgan fingerprint density at radius 1 is 0.370 bits per heavy atom. The van der Waals surface area contributed by atoms with Gasteiger partial charge >= 0.3 is 0 Å². The molecule has 0 unspecified atom stereocenters. The minimum Gasteiger partial charge on any atom is -0.251 e. The average molecular weight is 695 g/mol. The molecule has 0 spiro atoms. The van der Waals surface area contributed by atoms with E-state index in [1.54, 1.807) is 0 Å². The van der Waals surface area contributed by atoms with Gasteiger partial charge in [-0.1, -0.05) is 166 Å². The standard InChI is InChI=1S/C50H38N4/c1-32(2)44-30-33(3)51-49-43(44)28-26-41-27-29-45(52-48(41)49)38-20-14-36(15-21-38)37-18-24-40(25-19-37)47-31-46(53-50(54-47)42-12-8-5-9-13-42)39-22-16-35(17-23-39)34-10-6-4-7-11-34/h4-32H,1-3H3. The maximum absolute atomic E-state index is 5.16. The highest BCUT2D eigenvalue weighted by Gasteiger charge is 2.14. The normalized spacial score (nSPS) is 11.4. The lowest BCUT2D eigenvalue weighted by molar-refractivity contribution is 0.871. The van der Waals surface area contributed by atoms with E-state index >= 15 is 0 Å². The Bertz CT molecular complexity index is 2760. The van der Waals surface area contributed by atoms with Crippen molar-refractivity contribution in [2.24, 2.45) is 0 Å². The van der Waals surface area contributed by atoms with Gasteiger partial charge in [-0.15, -0.1) is 0 Å². The Morgan fingerprint density at radius 2 is 0.833 bits per heavy atom. The lowest BCUT2D eigenvalue weighted by atomic mass is 9.96. The topological polar surface area (TPSA) is 51.6 Å². The van der Waals surface area contributed by atoms with E-state index in [1.165, 1.54) is 22.1 Å². The Labute approximate surface area is 315 Å². The molecule has 0 saturated heterocycles. The van der Waals surface area contributed by atoms with Crippen LogP contribution in [0.1, 0.15) is 31.0 Å². The molecule has 0 aliphatic rings. The van der Waals surface area contributed by atoms with E-state index in [1.807, 2.05) is 24.3 Å². The molecule has 0 aliphatic carbocycles. The Kier molecular flexibility index (Phi) is 8.57. The monoisotopic (exact) mass is 694 g/mol. The predicted molar refractivity (Wildman–Crippen MR) is 224 cm³/mol. The van der Waals surface area contributed by atoms with Crippen molar-refractivity contribution in [3.05, 3.63) is 181 Å². The highest BCUT2D eigenvalue weighted by atomic mass is 14.9. The number of nitrogens with zero attached hydrogens (tertiary/aromatic N) is 4. The van der Waals surface area contributed by atoms with E-state index in [-0.39, 0.29) is 0 Å². The fourth-order valence-electron chi connectivity index (χ4n) is 7.26. The first-order chi connectivity index (χ1) is 26.5. The van der Waals surface area contributed by atoms with Crippen LogP contribution < -0.4 is 0 Å². The van der Waals surface area contributed by atoms with Crippen LogP contribution in [0, 0.1) is 6.92 Å². The van der Waals surface area contributed by atoms with Crippen molar-refractivity contribution < 1.29 is 0 Å². The lowest BCUT2D eigenvalue weighted by Gasteiger charge is -2.13. The van der Waals surface area contributed by atoms with Crippen LogP contribution in [0.15, 0.2) is 170 Å². The second kappa shape index (κ2) is 14.0. The first-order valence-electron chi connectivity index (χ1n) is 18.5. The van der Waals surface area contributed by atoms with Gasteiger partial charge in [0.15, 0.2) is 5.82 Å². The molecule has 54 heavy (non-hydrogen) atoms. The molecule has 0 fully saturated rings. The summed E-state index contributed by atoms with van der Waals surface area (Å²) >= 11 is 0. The van der Waals surface area contributed by atoms with Crippen LogP contribution in [0.5, 0.6) is 0 Å². The van der Waals surface area contributed by atoms with Gasteiger partial charge in [-0.25, -0.2) is 15.0 Å². The first-order valence-corrected chi connectivity index (χ1v) is 18.5. The average Bonchev–Trinajstić information content (AvgIpc) is 3.24. The smallest absolute Gasteiger partial charge is 0.160 e. The van der Waals surface area contributed by atoms with E-state index in [0.717, 1.165) is 72.6 Å². The summed E-state index contributed by atoms with van der Waals surface area (Å²) in [6, 6.07) is 59.5. The summed E-state index contributed by atoms with van der Waals surface area (Å²) < 4.78 is 0. The van der Waals surface area contributed by atoms with Crippen molar-refractivity contribution in [2.45, 2.75) is 26.7 Å². The second-order valence-corrected chi connectivity index (χ2v) is 14.2.